The first-order valence-corrected chi connectivity index (χ1v) is 0. The van der Waals surface area contributed by atoms with Crippen LogP contribution in [0.4, 0.5) is 0 Å². The van der Waals surface area contributed by atoms with E-state index in [1.54, 1.807) is 0 Å². The van der Waals surface area contributed by atoms with Gasteiger partial charge in [-0.05, 0) is 0 Å². The molecule has 0 aromatic heterocycles. The van der Waals surface area contributed by atoms with Gasteiger partial charge in [0.05, 0.1) is 0 Å². The molecular formula is H24Br6N6. The van der Waals surface area contributed by atoms with Crippen molar-refractivity contribution in [2.24, 2.45) is 0 Å². The minimum atomic E-state index is 0. The second-order valence-corrected chi connectivity index (χ2v) is 0. The summed E-state index contributed by atoms with van der Waals surface area (Å²) in [4.78, 5) is 0. The molecule has 0 aliphatic heterocycles. The highest BCUT2D eigenvalue weighted by atomic mass is 79.9. The van der Waals surface area contributed by atoms with Crippen LogP contribution in [0.15, 0.2) is 0 Å². The zero-order chi connectivity index (χ0) is 0. The average molecular weight is 588 g/mol. The van der Waals surface area contributed by atoms with Crippen LogP contribution in [0, 0.1) is 0 Å². The van der Waals surface area contributed by atoms with Crippen molar-refractivity contribution in [2.75, 3.05) is 0 Å². The Morgan fingerprint density at radius 1 is 0.167 bits per heavy atom. The molecule has 0 saturated carbocycles. The largest absolute Gasteiger partial charge is 1.00 e. The highest BCUT2D eigenvalue weighted by molar-refractivity contribution is 2.14. The maximum absolute atomic E-state index is 0. The third-order valence-corrected chi connectivity index (χ3v) is 0. The van der Waals surface area contributed by atoms with E-state index in [-0.39, 0.29) is 139 Å². The van der Waals surface area contributed by atoms with Gasteiger partial charge in [-0.2, -0.15) is 0 Å². The molecule has 0 rings (SSSR count). The van der Waals surface area contributed by atoms with E-state index in [1.807, 2.05) is 0 Å². The molecule has 0 bridgehead atoms. The molecule has 0 fully saturated rings. The van der Waals surface area contributed by atoms with Crippen LogP contribution in [0.25, 0.3) is 0 Å². The number of hydrogen-bond donors (Lipinski definition) is 6. The monoisotopic (exact) mass is 582 g/mol. The van der Waals surface area contributed by atoms with Crippen molar-refractivity contribution in [1.82, 2.24) is 36.9 Å². The molecule has 0 aliphatic rings. The Labute approximate surface area is 137 Å². The van der Waals surface area contributed by atoms with Gasteiger partial charge in [0, 0.05) is 0 Å². The Balaban J connectivity index is 0. The highest BCUT2D eigenvalue weighted by Gasteiger charge is -0.364. The summed E-state index contributed by atoms with van der Waals surface area (Å²) in [5.41, 5.74) is 0. The van der Waals surface area contributed by atoms with Crippen molar-refractivity contribution in [3.05, 3.63) is 0 Å². The van der Waals surface area contributed by atoms with Crippen LogP contribution >= 0.6 is 0 Å². The van der Waals surface area contributed by atoms with Crippen molar-refractivity contribution in [3.63, 3.8) is 0 Å². The smallest absolute Gasteiger partial charge is 0.369 e. The fourth-order valence-electron chi connectivity index (χ4n) is 0. The molecule has 0 heterocycles. The van der Waals surface area contributed by atoms with Gasteiger partial charge < -0.3 is 139 Å². The predicted molar refractivity (Wildman–Crippen MR) is 35.9 cm³/mol. The van der Waals surface area contributed by atoms with Crippen molar-refractivity contribution in [3.8, 4) is 0 Å². The topological polar surface area (TPSA) is 219 Å². The van der Waals surface area contributed by atoms with Crippen LogP contribution in [0.3, 0.4) is 0 Å². The zero-order valence-electron chi connectivity index (χ0n) is 8.27. The van der Waals surface area contributed by atoms with E-state index in [1.165, 1.54) is 0 Å². The Morgan fingerprint density at radius 3 is 0.167 bits per heavy atom. The second kappa shape index (κ2) is 313. The SMILES string of the molecule is [Br-].[Br-].[Br-].[Br-].[Br-].[Br-].[NH4+].[NH4+].[NH4+].[NH4+].[NH4+].[NH4+]. The summed E-state index contributed by atoms with van der Waals surface area (Å²) in [7, 11) is 0. The van der Waals surface area contributed by atoms with Gasteiger partial charge in [0.1, 0.15) is 0 Å². The molecule has 0 aromatic rings. The molecule has 0 radical (unpaired) electrons. The summed E-state index contributed by atoms with van der Waals surface area (Å²) in [6.45, 7) is 0. The van der Waals surface area contributed by atoms with Gasteiger partial charge in [0.15, 0.2) is 0 Å². The Morgan fingerprint density at radius 2 is 0.167 bits per heavy atom. The summed E-state index contributed by atoms with van der Waals surface area (Å²) < 4.78 is 0. The molecule has 0 unspecified atom stereocenters. The Kier molecular flexibility index (Phi) is 10200. The van der Waals surface area contributed by atoms with Gasteiger partial charge in [-0.15, -0.1) is 0 Å². The molecule has 12 heavy (non-hydrogen) atoms. The van der Waals surface area contributed by atoms with Crippen LogP contribution in [0.1, 0.15) is 0 Å². The lowest BCUT2D eigenvalue weighted by Gasteiger charge is -1.00. The first-order valence-electron chi connectivity index (χ1n) is 0. The first kappa shape index (κ1) is 391. The molecule has 0 aromatic carbocycles. The van der Waals surface area contributed by atoms with E-state index in [9.17, 15) is 0 Å². The van der Waals surface area contributed by atoms with E-state index < -0.39 is 0 Å². The maximum atomic E-state index is 0. The maximum Gasteiger partial charge on any atom is -0.369 e. The van der Waals surface area contributed by atoms with E-state index in [0.717, 1.165) is 0 Å². The lowest BCUT2D eigenvalue weighted by Crippen LogP contribution is -3.00. The van der Waals surface area contributed by atoms with E-state index in [0.29, 0.717) is 0 Å². The first-order chi connectivity index (χ1) is 0. The van der Waals surface area contributed by atoms with Gasteiger partial charge in [-0.25, -0.2) is 0 Å². The van der Waals surface area contributed by atoms with Crippen molar-refractivity contribution >= 4 is 0 Å². The summed E-state index contributed by atoms with van der Waals surface area (Å²) in [5.74, 6) is 0. The molecule has 0 amide bonds. The quantitative estimate of drug-likeness (QED) is 0.156. The fraction of sp³-hybridized carbons (Fsp3) is 0. The standard InChI is InChI=1S/6BrH.6H3N/h6*1H;6*1H3. The highest BCUT2D eigenvalue weighted by Crippen LogP contribution is -0.476. The van der Waals surface area contributed by atoms with E-state index in [2.05, 4.69) is 0 Å². The van der Waals surface area contributed by atoms with Crippen molar-refractivity contribution in [1.29, 1.82) is 0 Å². The Hall–Kier alpha value is 2.64. The Bertz CT molecular complexity index is 12.0. The summed E-state index contributed by atoms with van der Waals surface area (Å²) in [6, 6.07) is 0. The van der Waals surface area contributed by atoms with Gasteiger partial charge in [0.25, 0.3) is 0 Å². The lowest BCUT2D eigenvalue weighted by molar-refractivity contribution is -0.00100. The molecular weight excluding hydrogens is 563 g/mol. The minimum absolute atomic E-state index is 0. The van der Waals surface area contributed by atoms with Crippen LogP contribution in [0.5, 0.6) is 0 Å². The molecule has 12 heteroatoms. The normalized spacial score (nSPS) is 0. The van der Waals surface area contributed by atoms with Crippen LogP contribution in [-0.4, -0.2) is 0 Å². The fourth-order valence-corrected chi connectivity index (χ4v) is 0. The molecule has 0 spiro atoms. The minimum Gasteiger partial charge on any atom is -1.00 e. The molecule has 96 valence electrons. The average Bonchev–Trinajstić information content (AvgIpc) is 0. The molecule has 0 atom stereocenters. The third kappa shape index (κ3) is 246. The third-order valence-electron chi connectivity index (χ3n) is 0. The summed E-state index contributed by atoms with van der Waals surface area (Å²) in [5, 5.41) is 0. The molecule has 6 nitrogen and oxygen atoms in total. The van der Waals surface area contributed by atoms with Crippen LogP contribution in [0.2, 0.25) is 0 Å². The van der Waals surface area contributed by atoms with E-state index >= 15 is 0 Å². The van der Waals surface area contributed by atoms with Crippen molar-refractivity contribution in [2.45, 2.75) is 0 Å². The summed E-state index contributed by atoms with van der Waals surface area (Å²) >= 11 is 0. The van der Waals surface area contributed by atoms with Gasteiger partial charge in [-0.3, -0.25) is 0 Å². The summed E-state index contributed by atoms with van der Waals surface area (Å²) in [6.07, 6.45) is 0. The number of quaternary nitrogens is 6. The predicted octanol–water partition coefficient (Wildman–Crippen LogP) is -15.7. The van der Waals surface area contributed by atoms with Gasteiger partial charge in [0.2, 0.25) is 0 Å². The molecule has 0 saturated heterocycles. The lowest BCUT2D eigenvalue weighted by atomic mass is 14.0. The zero-order valence-corrected chi connectivity index (χ0v) is 17.8. The van der Waals surface area contributed by atoms with Crippen LogP contribution in [-0.2, 0) is 0 Å². The number of hydrogen-bond acceptors (Lipinski definition) is 0. The van der Waals surface area contributed by atoms with Gasteiger partial charge >= 0.3 is 0 Å². The van der Waals surface area contributed by atoms with Crippen LogP contribution < -0.4 is 139 Å². The van der Waals surface area contributed by atoms with Gasteiger partial charge in [-0.1, -0.05) is 0 Å². The van der Waals surface area contributed by atoms with E-state index in [4.69, 9.17) is 0 Å². The molecule has 24 N–H and O–H groups in total. The second-order valence-electron chi connectivity index (χ2n) is 0. The number of halogens is 6. The van der Waals surface area contributed by atoms with Crippen molar-refractivity contribution < 1.29 is 102 Å². The number of rotatable bonds is 0. The molecule has 0 aliphatic carbocycles.